The average Bonchev–Trinajstić information content (AvgIpc) is 2.93. The van der Waals surface area contributed by atoms with Gasteiger partial charge in [-0.05, 0) is 35.9 Å². The number of halogens is 1. The molecule has 3 nitrogen and oxygen atoms in total. The lowest BCUT2D eigenvalue weighted by molar-refractivity contribution is 0.102. The quantitative estimate of drug-likeness (QED) is 0.577. The molecular formula is C17H14ClNO2. The standard InChI is InChI=1S/C17H14ClNO2/c1-21-12-8-6-11(7-9-12)17-16(15(20)10-18)13-4-2-3-5-14(13)19-17/h2-9,19H,10H2,1H3. The average molecular weight is 300 g/mol. The Bertz CT molecular complexity index is 790. The van der Waals surface area contributed by atoms with Crippen molar-refractivity contribution in [1.82, 2.24) is 4.98 Å². The normalized spacial score (nSPS) is 10.8. The van der Waals surface area contributed by atoms with E-state index in [2.05, 4.69) is 4.98 Å². The van der Waals surface area contributed by atoms with E-state index >= 15 is 0 Å². The van der Waals surface area contributed by atoms with Crippen molar-refractivity contribution in [2.45, 2.75) is 0 Å². The molecule has 1 aromatic heterocycles. The van der Waals surface area contributed by atoms with Crippen LogP contribution in [0.15, 0.2) is 48.5 Å². The van der Waals surface area contributed by atoms with Gasteiger partial charge in [-0.15, -0.1) is 11.6 Å². The number of ether oxygens (including phenoxy) is 1. The molecule has 0 saturated heterocycles. The lowest BCUT2D eigenvalue weighted by Crippen LogP contribution is -2.01. The smallest absolute Gasteiger partial charge is 0.180 e. The van der Waals surface area contributed by atoms with E-state index in [0.29, 0.717) is 5.56 Å². The van der Waals surface area contributed by atoms with E-state index in [1.807, 2.05) is 48.5 Å². The number of methoxy groups -OCH3 is 1. The fraction of sp³-hybridized carbons (Fsp3) is 0.118. The number of fused-ring (bicyclic) bond motifs is 1. The number of H-pyrrole nitrogens is 1. The Balaban J connectivity index is 2.22. The maximum absolute atomic E-state index is 12.2. The van der Waals surface area contributed by atoms with Crippen LogP contribution in [-0.2, 0) is 0 Å². The number of rotatable bonds is 4. The molecule has 0 spiro atoms. The second-order valence-electron chi connectivity index (χ2n) is 4.71. The van der Waals surface area contributed by atoms with Crippen LogP contribution < -0.4 is 4.74 Å². The van der Waals surface area contributed by atoms with Crippen LogP contribution in [0.4, 0.5) is 0 Å². The third-order valence-electron chi connectivity index (χ3n) is 3.48. The summed E-state index contributed by atoms with van der Waals surface area (Å²) in [5.41, 5.74) is 3.30. The molecule has 0 aliphatic rings. The molecule has 2 aromatic carbocycles. The fourth-order valence-corrected chi connectivity index (χ4v) is 2.61. The van der Waals surface area contributed by atoms with Crippen molar-refractivity contribution in [3.8, 4) is 17.0 Å². The molecular weight excluding hydrogens is 286 g/mol. The Morgan fingerprint density at radius 2 is 1.86 bits per heavy atom. The second kappa shape index (κ2) is 5.62. The SMILES string of the molecule is COc1ccc(-c2[nH]c3ccccc3c2C(=O)CCl)cc1. The highest BCUT2D eigenvalue weighted by Crippen LogP contribution is 2.31. The predicted molar refractivity (Wildman–Crippen MR) is 85.3 cm³/mol. The van der Waals surface area contributed by atoms with Crippen LogP contribution in [0.3, 0.4) is 0 Å². The summed E-state index contributed by atoms with van der Waals surface area (Å²) in [6.45, 7) is 0. The van der Waals surface area contributed by atoms with Crippen LogP contribution in [0.25, 0.3) is 22.2 Å². The monoisotopic (exact) mass is 299 g/mol. The maximum Gasteiger partial charge on any atom is 0.180 e. The zero-order chi connectivity index (χ0) is 14.8. The molecule has 1 heterocycles. The van der Waals surface area contributed by atoms with Crippen molar-refractivity contribution in [2.24, 2.45) is 0 Å². The first kappa shape index (κ1) is 13.7. The molecule has 1 N–H and O–H groups in total. The summed E-state index contributed by atoms with van der Waals surface area (Å²) in [6.07, 6.45) is 0. The third-order valence-corrected chi connectivity index (χ3v) is 3.73. The zero-order valence-electron chi connectivity index (χ0n) is 11.5. The van der Waals surface area contributed by atoms with Crippen molar-refractivity contribution in [1.29, 1.82) is 0 Å². The van der Waals surface area contributed by atoms with Crippen LogP contribution >= 0.6 is 11.6 Å². The largest absolute Gasteiger partial charge is 0.497 e. The molecule has 106 valence electrons. The number of hydrogen-bond donors (Lipinski definition) is 1. The van der Waals surface area contributed by atoms with Gasteiger partial charge >= 0.3 is 0 Å². The molecule has 21 heavy (non-hydrogen) atoms. The van der Waals surface area contributed by atoms with E-state index in [-0.39, 0.29) is 11.7 Å². The van der Waals surface area contributed by atoms with Crippen molar-refractivity contribution in [3.05, 3.63) is 54.1 Å². The Morgan fingerprint density at radius 1 is 1.14 bits per heavy atom. The minimum atomic E-state index is -0.0834. The number of aromatic amines is 1. The molecule has 0 aliphatic carbocycles. The molecule has 0 fully saturated rings. The van der Waals surface area contributed by atoms with Crippen LogP contribution in [0.2, 0.25) is 0 Å². The van der Waals surface area contributed by atoms with Gasteiger partial charge in [0, 0.05) is 10.9 Å². The summed E-state index contributed by atoms with van der Waals surface area (Å²) in [7, 11) is 1.63. The van der Waals surface area contributed by atoms with E-state index in [1.54, 1.807) is 7.11 Å². The van der Waals surface area contributed by atoms with E-state index in [9.17, 15) is 4.79 Å². The van der Waals surface area contributed by atoms with E-state index < -0.39 is 0 Å². The predicted octanol–water partition coefficient (Wildman–Crippen LogP) is 4.27. The number of alkyl halides is 1. The maximum atomic E-state index is 12.2. The van der Waals surface area contributed by atoms with Gasteiger partial charge in [-0.25, -0.2) is 0 Å². The molecule has 0 aliphatic heterocycles. The number of aromatic nitrogens is 1. The number of Topliss-reactive ketones (excluding diaryl/α,β-unsaturated/α-hetero) is 1. The number of ketones is 1. The summed E-state index contributed by atoms with van der Waals surface area (Å²) < 4.78 is 5.16. The Morgan fingerprint density at radius 3 is 2.52 bits per heavy atom. The van der Waals surface area contributed by atoms with Gasteiger partial charge in [-0.3, -0.25) is 4.79 Å². The van der Waals surface area contributed by atoms with Crippen LogP contribution in [0.1, 0.15) is 10.4 Å². The van der Waals surface area contributed by atoms with E-state index in [1.165, 1.54) is 0 Å². The Kier molecular flexibility index (Phi) is 3.67. The van der Waals surface area contributed by atoms with Gasteiger partial charge in [0.15, 0.2) is 5.78 Å². The van der Waals surface area contributed by atoms with Crippen molar-refractivity contribution in [3.63, 3.8) is 0 Å². The first-order valence-electron chi connectivity index (χ1n) is 6.59. The summed E-state index contributed by atoms with van der Waals surface area (Å²) in [4.78, 5) is 15.5. The molecule has 0 radical (unpaired) electrons. The highest BCUT2D eigenvalue weighted by Gasteiger charge is 2.18. The van der Waals surface area contributed by atoms with Gasteiger partial charge < -0.3 is 9.72 Å². The summed E-state index contributed by atoms with van der Waals surface area (Å²) in [5.74, 6) is 0.658. The lowest BCUT2D eigenvalue weighted by Gasteiger charge is -2.04. The van der Waals surface area contributed by atoms with Crippen LogP contribution in [0.5, 0.6) is 5.75 Å². The molecule has 3 rings (SSSR count). The number of para-hydroxylation sites is 1. The third kappa shape index (κ3) is 2.41. The minimum Gasteiger partial charge on any atom is -0.497 e. The van der Waals surface area contributed by atoms with Crippen LogP contribution in [-0.4, -0.2) is 23.8 Å². The number of hydrogen-bond acceptors (Lipinski definition) is 2. The molecule has 0 unspecified atom stereocenters. The molecule has 3 aromatic rings. The Hall–Kier alpha value is -2.26. The fourth-order valence-electron chi connectivity index (χ4n) is 2.47. The summed E-state index contributed by atoms with van der Waals surface area (Å²) in [6, 6.07) is 15.3. The zero-order valence-corrected chi connectivity index (χ0v) is 12.3. The van der Waals surface area contributed by atoms with Gasteiger partial charge in [-0.1, -0.05) is 18.2 Å². The number of carbonyl (C=O) groups is 1. The number of carbonyl (C=O) groups excluding carboxylic acids is 1. The lowest BCUT2D eigenvalue weighted by atomic mass is 10.0. The van der Waals surface area contributed by atoms with E-state index in [4.69, 9.17) is 16.3 Å². The molecule has 0 amide bonds. The van der Waals surface area contributed by atoms with Crippen LogP contribution in [0, 0.1) is 0 Å². The Labute approximate surface area is 127 Å². The molecule has 0 bridgehead atoms. The topological polar surface area (TPSA) is 42.1 Å². The first-order chi connectivity index (χ1) is 10.2. The van der Waals surface area contributed by atoms with Gasteiger partial charge in [0.1, 0.15) is 5.75 Å². The van der Waals surface area contributed by atoms with Gasteiger partial charge in [0.05, 0.1) is 24.2 Å². The number of benzene rings is 2. The molecule has 4 heteroatoms. The van der Waals surface area contributed by atoms with Crippen molar-refractivity contribution >= 4 is 28.3 Å². The van der Waals surface area contributed by atoms with Gasteiger partial charge in [0.2, 0.25) is 0 Å². The highest BCUT2D eigenvalue weighted by atomic mass is 35.5. The molecule has 0 saturated carbocycles. The van der Waals surface area contributed by atoms with Crippen molar-refractivity contribution in [2.75, 3.05) is 13.0 Å². The van der Waals surface area contributed by atoms with Crippen molar-refractivity contribution < 1.29 is 9.53 Å². The van der Waals surface area contributed by atoms with Gasteiger partial charge in [-0.2, -0.15) is 0 Å². The summed E-state index contributed by atoms with van der Waals surface area (Å²) >= 11 is 5.77. The second-order valence-corrected chi connectivity index (χ2v) is 4.97. The van der Waals surface area contributed by atoms with Gasteiger partial charge in [0.25, 0.3) is 0 Å². The minimum absolute atomic E-state index is 0.0367. The highest BCUT2D eigenvalue weighted by molar-refractivity contribution is 6.33. The summed E-state index contributed by atoms with van der Waals surface area (Å²) in [5, 5.41) is 0.897. The van der Waals surface area contributed by atoms with E-state index in [0.717, 1.165) is 27.9 Å². The first-order valence-corrected chi connectivity index (χ1v) is 7.12. The number of nitrogens with one attached hydrogen (secondary N) is 1. The molecule has 0 atom stereocenters.